The molecule has 0 bridgehead atoms. The highest BCUT2D eigenvalue weighted by atomic mass is 16.3. The predicted octanol–water partition coefficient (Wildman–Crippen LogP) is 1.79. The third kappa shape index (κ3) is 2.75. The minimum atomic E-state index is -0.311. The number of hydrogen-bond donors (Lipinski definition) is 1. The Hall–Kier alpha value is -1.44. The van der Waals surface area contributed by atoms with E-state index < -0.39 is 0 Å². The number of benzene rings is 1. The van der Waals surface area contributed by atoms with Crippen molar-refractivity contribution in [1.29, 1.82) is 0 Å². The van der Waals surface area contributed by atoms with Gasteiger partial charge in [-0.1, -0.05) is 38.1 Å². The van der Waals surface area contributed by atoms with Gasteiger partial charge in [0, 0.05) is 5.41 Å². The average molecular weight is 205 g/mol. The molecule has 1 rings (SSSR count). The smallest absolute Gasteiger partial charge is 0.235 e. The molecule has 0 aromatic heterocycles. The third-order valence-corrected chi connectivity index (χ3v) is 2.46. The first-order valence-electron chi connectivity index (χ1n) is 4.84. The van der Waals surface area contributed by atoms with Crippen LogP contribution in [0.2, 0.25) is 0 Å². The summed E-state index contributed by atoms with van der Waals surface area (Å²) in [6.45, 7) is 4.30. The van der Waals surface area contributed by atoms with Gasteiger partial charge in [0.1, 0.15) is 0 Å². The predicted molar refractivity (Wildman–Crippen MR) is 58.4 cm³/mol. The van der Waals surface area contributed by atoms with Gasteiger partial charge < -0.3 is 5.11 Å². The van der Waals surface area contributed by atoms with E-state index in [1.807, 2.05) is 38.1 Å². The zero-order valence-electron chi connectivity index (χ0n) is 9.03. The molecule has 3 heteroatoms. The summed E-state index contributed by atoms with van der Waals surface area (Å²) in [6.07, 6.45) is 1.53. The molecule has 15 heavy (non-hydrogen) atoms. The number of aliphatic imine (C=N–C) groups is 1. The zero-order chi connectivity index (χ0) is 11.3. The molecular weight excluding hydrogens is 190 g/mol. The van der Waals surface area contributed by atoms with Gasteiger partial charge in [0.2, 0.25) is 6.08 Å². The molecule has 0 aliphatic heterocycles. The van der Waals surface area contributed by atoms with Crippen LogP contribution in [0.5, 0.6) is 0 Å². The van der Waals surface area contributed by atoms with Crippen molar-refractivity contribution in [3.05, 3.63) is 35.4 Å². The second kappa shape index (κ2) is 4.87. The summed E-state index contributed by atoms with van der Waals surface area (Å²) in [7, 11) is 0. The molecule has 0 atom stereocenters. The Morgan fingerprint density at radius 1 is 1.40 bits per heavy atom. The normalized spacial score (nSPS) is 10.9. The molecular formula is C12H15NO2. The summed E-state index contributed by atoms with van der Waals surface area (Å²) in [5.74, 6) is 0. The van der Waals surface area contributed by atoms with Crippen LogP contribution in [0.25, 0.3) is 0 Å². The summed E-state index contributed by atoms with van der Waals surface area (Å²) in [5, 5.41) is 9.29. The first kappa shape index (κ1) is 11.6. The van der Waals surface area contributed by atoms with Gasteiger partial charge in [0.15, 0.2) is 0 Å². The topological polar surface area (TPSA) is 49.7 Å². The molecule has 0 aliphatic rings. The van der Waals surface area contributed by atoms with E-state index in [0.717, 1.165) is 11.1 Å². The second-order valence-corrected chi connectivity index (χ2v) is 4.11. The summed E-state index contributed by atoms with van der Waals surface area (Å²) in [4.78, 5) is 13.6. The molecule has 0 radical (unpaired) electrons. The van der Waals surface area contributed by atoms with Gasteiger partial charge in [-0.15, -0.1) is 0 Å². The Morgan fingerprint density at radius 3 is 2.67 bits per heavy atom. The number of carbonyl (C=O) groups excluding carboxylic acids is 1. The molecule has 80 valence electrons. The molecule has 3 nitrogen and oxygen atoms in total. The van der Waals surface area contributed by atoms with Gasteiger partial charge in [0.05, 0.1) is 13.2 Å². The average Bonchev–Trinajstić information content (AvgIpc) is 2.26. The second-order valence-electron chi connectivity index (χ2n) is 4.11. The van der Waals surface area contributed by atoms with E-state index in [9.17, 15) is 9.90 Å². The molecule has 0 heterocycles. The van der Waals surface area contributed by atoms with Gasteiger partial charge >= 0.3 is 0 Å². The number of aliphatic hydroxyl groups is 1. The number of isocyanates is 1. The monoisotopic (exact) mass is 205 g/mol. The minimum Gasteiger partial charge on any atom is -0.395 e. The molecule has 1 N–H and O–H groups in total. The Balaban J connectivity index is 3.11. The van der Waals surface area contributed by atoms with Crippen LogP contribution in [0, 0.1) is 0 Å². The largest absolute Gasteiger partial charge is 0.395 e. The van der Waals surface area contributed by atoms with Crippen molar-refractivity contribution in [3.8, 4) is 0 Å². The lowest BCUT2D eigenvalue weighted by atomic mass is 9.82. The Morgan fingerprint density at radius 2 is 2.07 bits per heavy atom. The fraction of sp³-hybridized carbons (Fsp3) is 0.417. The number of aliphatic hydroxyl groups excluding tert-OH is 1. The molecule has 0 saturated carbocycles. The van der Waals surface area contributed by atoms with Crippen LogP contribution in [-0.2, 0) is 16.8 Å². The van der Waals surface area contributed by atoms with E-state index in [4.69, 9.17) is 0 Å². The highest BCUT2D eigenvalue weighted by molar-refractivity contribution is 5.37. The Kier molecular flexibility index (Phi) is 3.78. The van der Waals surface area contributed by atoms with E-state index in [1.54, 1.807) is 0 Å². The van der Waals surface area contributed by atoms with Crippen LogP contribution in [0.3, 0.4) is 0 Å². The third-order valence-electron chi connectivity index (χ3n) is 2.46. The summed E-state index contributed by atoms with van der Waals surface area (Å²) in [5.41, 5.74) is 1.67. The lowest BCUT2D eigenvalue weighted by Crippen LogP contribution is -2.23. The van der Waals surface area contributed by atoms with Crippen molar-refractivity contribution < 1.29 is 9.90 Å². The molecule has 0 spiro atoms. The van der Waals surface area contributed by atoms with Crippen molar-refractivity contribution >= 4 is 6.08 Å². The van der Waals surface area contributed by atoms with Crippen LogP contribution >= 0.6 is 0 Å². The summed E-state index contributed by atoms with van der Waals surface area (Å²) < 4.78 is 0. The summed E-state index contributed by atoms with van der Waals surface area (Å²) in [6, 6.07) is 7.67. The molecule has 1 aromatic rings. The van der Waals surface area contributed by atoms with Gasteiger partial charge in [-0.2, -0.15) is 0 Å². The molecule has 0 saturated heterocycles. The van der Waals surface area contributed by atoms with Crippen LogP contribution in [0.1, 0.15) is 25.0 Å². The fourth-order valence-corrected chi connectivity index (χ4v) is 1.52. The minimum absolute atomic E-state index is 0.0643. The highest BCUT2D eigenvalue weighted by Gasteiger charge is 2.21. The van der Waals surface area contributed by atoms with Crippen molar-refractivity contribution in [3.63, 3.8) is 0 Å². The van der Waals surface area contributed by atoms with E-state index in [2.05, 4.69) is 4.99 Å². The SMILES string of the molecule is CC(C)(CO)c1ccccc1CN=C=O. The number of rotatable bonds is 4. The van der Waals surface area contributed by atoms with Crippen molar-refractivity contribution in [2.24, 2.45) is 4.99 Å². The van der Waals surface area contributed by atoms with Crippen LogP contribution in [0.4, 0.5) is 0 Å². The van der Waals surface area contributed by atoms with Crippen molar-refractivity contribution in [1.82, 2.24) is 0 Å². The fourth-order valence-electron chi connectivity index (χ4n) is 1.52. The lowest BCUT2D eigenvalue weighted by molar-refractivity contribution is 0.218. The Labute approximate surface area is 89.5 Å². The van der Waals surface area contributed by atoms with E-state index in [1.165, 1.54) is 6.08 Å². The molecule has 0 unspecified atom stereocenters. The van der Waals surface area contributed by atoms with Gasteiger partial charge in [-0.3, -0.25) is 0 Å². The van der Waals surface area contributed by atoms with Crippen molar-refractivity contribution in [2.75, 3.05) is 6.61 Å². The molecule has 0 fully saturated rings. The first-order chi connectivity index (χ1) is 7.11. The maximum absolute atomic E-state index is 10.1. The van der Waals surface area contributed by atoms with Gasteiger partial charge in [-0.05, 0) is 11.1 Å². The quantitative estimate of drug-likeness (QED) is 0.601. The van der Waals surface area contributed by atoms with Gasteiger partial charge in [0.25, 0.3) is 0 Å². The number of hydrogen-bond acceptors (Lipinski definition) is 3. The molecule has 0 aliphatic carbocycles. The summed E-state index contributed by atoms with van der Waals surface area (Å²) >= 11 is 0. The Bertz CT molecular complexity index is 379. The number of nitrogens with zero attached hydrogens (tertiary/aromatic N) is 1. The van der Waals surface area contributed by atoms with Crippen LogP contribution in [0.15, 0.2) is 29.3 Å². The molecule has 1 aromatic carbocycles. The van der Waals surface area contributed by atoms with Crippen LogP contribution in [-0.4, -0.2) is 17.8 Å². The van der Waals surface area contributed by atoms with E-state index in [-0.39, 0.29) is 12.0 Å². The maximum Gasteiger partial charge on any atom is 0.235 e. The van der Waals surface area contributed by atoms with Crippen LogP contribution < -0.4 is 0 Å². The van der Waals surface area contributed by atoms with E-state index in [0.29, 0.717) is 6.54 Å². The first-order valence-corrected chi connectivity index (χ1v) is 4.84. The van der Waals surface area contributed by atoms with E-state index >= 15 is 0 Å². The highest BCUT2D eigenvalue weighted by Crippen LogP contribution is 2.26. The lowest BCUT2D eigenvalue weighted by Gasteiger charge is -2.24. The maximum atomic E-state index is 10.1. The van der Waals surface area contributed by atoms with Crippen molar-refractivity contribution in [2.45, 2.75) is 25.8 Å². The molecule has 0 amide bonds. The zero-order valence-corrected chi connectivity index (χ0v) is 9.03. The van der Waals surface area contributed by atoms with Gasteiger partial charge in [-0.25, -0.2) is 9.79 Å². The standard InChI is InChI=1S/C12H15NO2/c1-12(2,8-14)11-6-4-3-5-10(11)7-13-9-15/h3-6,14H,7-8H2,1-2H3.